The Kier molecular flexibility index (Phi) is 4.38. The van der Waals surface area contributed by atoms with Gasteiger partial charge in [0.1, 0.15) is 5.56 Å². The van der Waals surface area contributed by atoms with Gasteiger partial charge in [0.05, 0.1) is 26.2 Å². The molecule has 0 aliphatic heterocycles. The first-order chi connectivity index (χ1) is 8.47. The van der Waals surface area contributed by atoms with Gasteiger partial charge in [-0.2, -0.15) is 0 Å². The number of furan rings is 1. The van der Waals surface area contributed by atoms with Crippen molar-refractivity contribution in [3.63, 3.8) is 0 Å². The monoisotopic (exact) mass is 274 g/mol. The highest BCUT2D eigenvalue weighted by molar-refractivity contribution is 7.80. The average molecular weight is 274 g/mol. The molecule has 1 aromatic heterocycles. The Hall–Kier alpha value is -1.96. The van der Waals surface area contributed by atoms with Crippen LogP contribution in [0, 0.1) is 0 Å². The van der Waals surface area contributed by atoms with Crippen LogP contribution in [0.5, 0.6) is 0 Å². The minimum Gasteiger partial charge on any atom is -0.465 e. The van der Waals surface area contributed by atoms with Crippen LogP contribution in [0.3, 0.4) is 0 Å². The average Bonchev–Trinajstić information content (AvgIpc) is 2.73. The van der Waals surface area contributed by atoms with Gasteiger partial charge in [-0.05, 0) is 0 Å². The molecule has 0 unspecified atom stereocenters. The van der Waals surface area contributed by atoms with Gasteiger partial charge in [-0.3, -0.25) is 0 Å². The summed E-state index contributed by atoms with van der Waals surface area (Å²) in [4.78, 5) is 34.1. The fourth-order valence-electron chi connectivity index (χ4n) is 1.18. The quantitative estimate of drug-likeness (QED) is 0.498. The topological polar surface area (TPSA) is 92.0 Å². The van der Waals surface area contributed by atoms with Gasteiger partial charge in [0, 0.05) is 0 Å². The van der Waals surface area contributed by atoms with Crippen molar-refractivity contribution in [1.29, 1.82) is 0 Å². The molecule has 0 saturated heterocycles. The minimum absolute atomic E-state index is 0.144. The van der Waals surface area contributed by atoms with Crippen LogP contribution < -0.4 is 0 Å². The van der Waals surface area contributed by atoms with E-state index >= 15 is 0 Å². The molecule has 98 valence electrons. The molecule has 18 heavy (non-hydrogen) atoms. The van der Waals surface area contributed by atoms with Crippen LogP contribution in [0.1, 0.15) is 31.5 Å². The predicted octanol–water partition coefficient (Wildman–Crippen LogP) is 0.928. The number of rotatable bonds is 3. The highest BCUT2D eigenvalue weighted by Gasteiger charge is 2.32. The van der Waals surface area contributed by atoms with Crippen molar-refractivity contribution in [1.82, 2.24) is 0 Å². The number of hydrogen-bond donors (Lipinski definition) is 1. The first-order valence-corrected chi connectivity index (χ1v) is 5.03. The maximum absolute atomic E-state index is 11.5. The third kappa shape index (κ3) is 2.33. The van der Waals surface area contributed by atoms with Crippen LogP contribution in [0.25, 0.3) is 0 Å². The fourth-order valence-corrected chi connectivity index (χ4v) is 1.51. The molecule has 0 atom stereocenters. The molecule has 0 N–H and O–H groups in total. The second-order valence-corrected chi connectivity index (χ2v) is 3.41. The van der Waals surface area contributed by atoms with Crippen LogP contribution in [0.2, 0.25) is 0 Å². The SMILES string of the molecule is COC(=O)c1oc(C(=O)OC)c(C(=O)OC)c1S. The summed E-state index contributed by atoms with van der Waals surface area (Å²) in [7, 11) is 3.33. The molecule has 0 aromatic carbocycles. The summed E-state index contributed by atoms with van der Waals surface area (Å²) < 4.78 is 18.3. The normalized spacial score (nSPS) is 9.78. The molecule has 1 aromatic rings. The number of carbonyl (C=O) groups is 3. The molecule has 0 aliphatic rings. The van der Waals surface area contributed by atoms with Gasteiger partial charge in [0.25, 0.3) is 0 Å². The molecule has 0 bridgehead atoms. The summed E-state index contributed by atoms with van der Waals surface area (Å²) >= 11 is 3.95. The zero-order valence-electron chi connectivity index (χ0n) is 9.80. The van der Waals surface area contributed by atoms with Gasteiger partial charge in [-0.15, -0.1) is 12.6 Å². The van der Waals surface area contributed by atoms with E-state index in [1.807, 2.05) is 0 Å². The van der Waals surface area contributed by atoms with Crippen LogP contribution in [0.15, 0.2) is 9.31 Å². The highest BCUT2D eigenvalue weighted by Crippen LogP contribution is 2.28. The molecule has 0 saturated carbocycles. The second kappa shape index (κ2) is 5.58. The molecular weight excluding hydrogens is 264 g/mol. The Balaban J connectivity index is 3.45. The number of hydrogen-bond acceptors (Lipinski definition) is 8. The Bertz CT molecular complexity index is 503. The van der Waals surface area contributed by atoms with Crippen LogP contribution >= 0.6 is 12.6 Å². The van der Waals surface area contributed by atoms with Crippen molar-refractivity contribution < 1.29 is 33.0 Å². The predicted molar refractivity (Wildman–Crippen MR) is 60.0 cm³/mol. The van der Waals surface area contributed by atoms with Crippen molar-refractivity contribution in [2.45, 2.75) is 4.90 Å². The van der Waals surface area contributed by atoms with E-state index in [2.05, 4.69) is 26.8 Å². The zero-order chi connectivity index (χ0) is 13.9. The Labute approximate surface area is 107 Å². The van der Waals surface area contributed by atoms with Gasteiger partial charge < -0.3 is 18.6 Å². The van der Waals surface area contributed by atoms with Gasteiger partial charge >= 0.3 is 17.9 Å². The molecule has 8 heteroatoms. The molecule has 1 heterocycles. The van der Waals surface area contributed by atoms with Crippen LogP contribution in [-0.4, -0.2) is 39.2 Å². The highest BCUT2D eigenvalue weighted by atomic mass is 32.1. The summed E-state index contributed by atoms with van der Waals surface area (Å²) in [6.07, 6.45) is 0. The molecule has 0 aliphatic carbocycles. The summed E-state index contributed by atoms with van der Waals surface area (Å²) in [6, 6.07) is 0. The van der Waals surface area contributed by atoms with Gasteiger partial charge in [-0.25, -0.2) is 14.4 Å². The van der Waals surface area contributed by atoms with E-state index in [1.54, 1.807) is 0 Å². The molecule has 0 spiro atoms. The van der Waals surface area contributed by atoms with Gasteiger partial charge in [0.2, 0.25) is 11.5 Å². The molecule has 0 amide bonds. The minimum atomic E-state index is -0.930. The van der Waals surface area contributed by atoms with Crippen molar-refractivity contribution in [3.8, 4) is 0 Å². The maximum Gasteiger partial charge on any atom is 0.375 e. The largest absolute Gasteiger partial charge is 0.465 e. The smallest absolute Gasteiger partial charge is 0.375 e. The number of esters is 3. The number of thiol groups is 1. The van der Waals surface area contributed by atoms with Crippen molar-refractivity contribution >= 4 is 30.5 Å². The third-order valence-electron chi connectivity index (χ3n) is 2.01. The molecule has 0 radical (unpaired) electrons. The van der Waals surface area contributed by atoms with Crippen LogP contribution in [-0.2, 0) is 14.2 Å². The molecule has 1 rings (SSSR count). The molecular formula is C10H10O7S. The lowest BCUT2D eigenvalue weighted by Crippen LogP contribution is -2.09. The maximum atomic E-state index is 11.5. The number of carbonyl (C=O) groups excluding carboxylic acids is 3. The van der Waals surface area contributed by atoms with Crippen LogP contribution in [0.4, 0.5) is 0 Å². The third-order valence-corrected chi connectivity index (χ3v) is 2.44. The standard InChI is InChI=1S/C10H10O7S/c1-14-8(11)4-5(9(12)15-2)17-6(7(4)18)10(13)16-3/h18H,1-3H3. The zero-order valence-corrected chi connectivity index (χ0v) is 10.7. The van der Waals surface area contributed by atoms with E-state index in [0.717, 1.165) is 21.3 Å². The lowest BCUT2D eigenvalue weighted by atomic mass is 10.2. The van der Waals surface area contributed by atoms with Crippen molar-refractivity contribution in [2.75, 3.05) is 21.3 Å². The van der Waals surface area contributed by atoms with E-state index < -0.39 is 23.7 Å². The summed E-state index contributed by atoms with van der Waals surface area (Å²) in [5.41, 5.74) is -0.284. The fraction of sp³-hybridized carbons (Fsp3) is 0.300. The number of ether oxygens (including phenoxy) is 3. The number of methoxy groups -OCH3 is 3. The van der Waals surface area contributed by atoms with E-state index in [9.17, 15) is 14.4 Å². The summed E-state index contributed by atoms with van der Waals surface area (Å²) in [5, 5.41) is 0. The van der Waals surface area contributed by atoms with E-state index in [-0.39, 0.29) is 16.2 Å². The first kappa shape index (κ1) is 14.1. The Morgan fingerprint density at radius 3 is 1.78 bits per heavy atom. The van der Waals surface area contributed by atoms with Gasteiger partial charge in [-0.1, -0.05) is 0 Å². The van der Waals surface area contributed by atoms with Crippen molar-refractivity contribution in [2.24, 2.45) is 0 Å². The Morgan fingerprint density at radius 2 is 1.33 bits per heavy atom. The lowest BCUT2D eigenvalue weighted by Gasteiger charge is -1.99. The van der Waals surface area contributed by atoms with E-state index in [1.165, 1.54) is 0 Å². The van der Waals surface area contributed by atoms with Gasteiger partial charge in [0.15, 0.2) is 0 Å². The summed E-state index contributed by atoms with van der Waals surface area (Å²) in [6.45, 7) is 0. The first-order valence-electron chi connectivity index (χ1n) is 4.58. The second-order valence-electron chi connectivity index (χ2n) is 2.96. The molecule has 0 fully saturated rings. The van der Waals surface area contributed by atoms with Crippen molar-refractivity contribution in [3.05, 3.63) is 17.1 Å². The van der Waals surface area contributed by atoms with E-state index in [0.29, 0.717) is 0 Å². The Morgan fingerprint density at radius 1 is 0.889 bits per heavy atom. The summed E-state index contributed by atoms with van der Waals surface area (Å²) in [5.74, 6) is -3.52. The van der Waals surface area contributed by atoms with E-state index in [4.69, 9.17) is 4.42 Å². The molecule has 7 nitrogen and oxygen atoms in total. The lowest BCUT2D eigenvalue weighted by molar-refractivity contribution is 0.0509.